The van der Waals surface area contributed by atoms with Crippen LogP contribution < -0.4 is 0 Å². The third-order valence-electron chi connectivity index (χ3n) is 9.99. The normalized spacial score (nSPS) is 21.1. The zero-order valence-electron chi connectivity index (χ0n) is 23.8. The molecular weight excluding hydrogens is 509 g/mol. The Morgan fingerprint density at radius 1 is 0.829 bits per heavy atom. The van der Waals surface area contributed by atoms with Crippen molar-refractivity contribution in [1.82, 2.24) is 14.8 Å². The number of likely N-dealkylation sites (tertiary alicyclic amines) is 2. The molecule has 1 N–H and O–H groups in total. The van der Waals surface area contributed by atoms with Gasteiger partial charge in [-0.1, -0.05) is 48.5 Å². The lowest BCUT2D eigenvalue weighted by Gasteiger charge is -2.33. The highest BCUT2D eigenvalue weighted by atomic mass is 19.1. The number of ketones is 1. The Balaban J connectivity index is 0.916. The molecule has 2 aliphatic heterocycles. The number of hydrogen-bond donors (Lipinski definition) is 1. The summed E-state index contributed by atoms with van der Waals surface area (Å²) in [7, 11) is 0. The standard InChI is InChI=1S/C36H40FN3O/c37-32-7-9-35-34(21-32)31(22-38-35)24-40-16-12-27(13-17-40)28-6-8-33-29(19-28)20-30(36(33)41)18-25-10-14-39(15-11-25)23-26-4-2-1-3-5-26/h1-9,19,21-22,25,27,30,38H,10-18,20,23-24H2. The van der Waals surface area contributed by atoms with E-state index in [1.807, 2.05) is 12.3 Å². The van der Waals surface area contributed by atoms with Crippen LogP contribution in [0.1, 0.15) is 70.6 Å². The van der Waals surface area contributed by atoms with Gasteiger partial charge in [-0.05, 0) is 117 Å². The van der Waals surface area contributed by atoms with Crippen LogP contribution in [0.3, 0.4) is 0 Å². The van der Waals surface area contributed by atoms with E-state index >= 15 is 0 Å². The van der Waals surface area contributed by atoms with Crippen molar-refractivity contribution in [2.45, 2.75) is 57.5 Å². The van der Waals surface area contributed by atoms with Crippen molar-refractivity contribution in [2.24, 2.45) is 11.8 Å². The Bertz CT molecular complexity index is 1510. The van der Waals surface area contributed by atoms with Crippen LogP contribution >= 0.6 is 0 Å². The SMILES string of the molecule is O=C1c2ccc(C3CCN(Cc4c[nH]c5ccc(F)cc45)CC3)cc2CC1CC1CCN(Cc2ccccc2)CC1. The van der Waals surface area contributed by atoms with Crippen LogP contribution in [0.5, 0.6) is 0 Å². The predicted octanol–water partition coefficient (Wildman–Crippen LogP) is 7.34. The molecule has 2 saturated heterocycles. The molecule has 212 valence electrons. The monoisotopic (exact) mass is 549 g/mol. The van der Waals surface area contributed by atoms with Gasteiger partial charge in [0.05, 0.1) is 0 Å². The lowest BCUT2D eigenvalue weighted by atomic mass is 9.85. The highest BCUT2D eigenvalue weighted by Gasteiger charge is 2.34. The van der Waals surface area contributed by atoms with E-state index in [4.69, 9.17) is 0 Å². The fraction of sp³-hybridized carbons (Fsp3) is 0.417. The summed E-state index contributed by atoms with van der Waals surface area (Å²) in [5.74, 6) is 1.55. The van der Waals surface area contributed by atoms with E-state index in [0.717, 1.165) is 81.4 Å². The first-order valence-corrected chi connectivity index (χ1v) is 15.5. The minimum absolute atomic E-state index is 0.161. The third kappa shape index (κ3) is 5.75. The topological polar surface area (TPSA) is 39.3 Å². The first-order valence-electron chi connectivity index (χ1n) is 15.5. The lowest BCUT2D eigenvalue weighted by molar-refractivity contribution is 0.0895. The van der Waals surface area contributed by atoms with Crippen LogP contribution in [-0.4, -0.2) is 46.7 Å². The molecule has 5 heteroatoms. The molecule has 0 amide bonds. The fourth-order valence-corrected chi connectivity index (χ4v) is 7.62. The van der Waals surface area contributed by atoms with Gasteiger partial charge < -0.3 is 4.98 Å². The summed E-state index contributed by atoms with van der Waals surface area (Å²) in [5.41, 5.74) is 7.21. The van der Waals surface area contributed by atoms with E-state index < -0.39 is 0 Å². The molecule has 3 aliphatic rings. The lowest BCUT2D eigenvalue weighted by Crippen LogP contribution is -2.34. The Morgan fingerprint density at radius 3 is 2.39 bits per heavy atom. The Kier molecular flexibility index (Phi) is 7.49. The number of nitrogens with zero attached hydrogens (tertiary/aromatic N) is 2. The van der Waals surface area contributed by atoms with E-state index in [1.54, 1.807) is 6.07 Å². The van der Waals surface area contributed by atoms with Gasteiger partial charge >= 0.3 is 0 Å². The van der Waals surface area contributed by atoms with Crippen molar-refractivity contribution in [1.29, 1.82) is 0 Å². The minimum atomic E-state index is -0.182. The van der Waals surface area contributed by atoms with Gasteiger partial charge in [-0.25, -0.2) is 4.39 Å². The maximum Gasteiger partial charge on any atom is 0.166 e. The molecule has 3 heterocycles. The van der Waals surface area contributed by atoms with E-state index in [9.17, 15) is 9.18 Å². The summed E-state index contributed by atoms with van der Waals surface area (Å²) in [6.45, 7) is 6.22. The van der Waals surface area contributed by atoms with Crippen LogP contribution in [0.25, 0.3) is 10.9 Å². The van der Waals surface area contributed by atoms with Crippen LogP contribution in [0.2, 0.25) is 0 Å². The average molecular weight is 550 g/mol. The van der Waals surface area contributed by atoms with Crippen molar-refractivity contribution in [3.8, 4) is 0 Å². The number of Topliss-reactive ketones (excluding diaryl/α,β-unsaturated/α-hetero) is 1. The second kappa shape index (κ2) is 11.5. The first kappa shape index (κ1) is 26.6. The number of rotatable bonds is 7. The molecule has 0 spiro atoms. The number of carbonyl (C=O) groups is 1. The largest absolute Gasteiger partial charge is 0.361 e. The van der Waals surface area contributed by atoms with Crippen molar-refractivity contribution in [3.63, 3.8) is 0 Å². The zero-order chi connectivity index (χ0) is 27.8. The molecule has 0 saturated carbocycles. The van der Waals surface area contributed by atoms with Crippen LogP contribution in [0.4, 0.5) is 4.39 Å². The molecule has 1 aromatic heterocycles. The number of fused-ring (bicyclic) bond motifs is 2. The van der Waals surface area contributed by atoms with Gasteiger partial charge in [-0.2, -0.15) is 0 Å². The number of H-pyrrole nitrogens is 1. The molecule has 1 atom stereocenters. The number of nitrogens with one attached hydrogen (secondary N) is 1. The van der Waals surface area contributed by atoms with Crippen molar-refractivity contribution < 1.29 is 9.18 Å². The molecule has 1 unspecified atom stereocenters. The number of hydrogen-bond acceptors (Lipinski definition) is 3. The van der Waals surface area contributed by atoms with Gasteiger partial charge in [-0.15, -0.1) is 0 Å². The second-order valence-corrected chi connectivity index (χ2v) is 12.7. The van der Waals surface area contributed by atoms with Gasteiger partial charge in [0.2, 0.25) is 0 Å². The fourth-order valence-electron chi connectivity index (χ4n) is 7.62. The average Bonchev–Trinajstić information content (AvgIpc) is 3.54. The van der Waals surface area contributed by atoms with Gasteiger partial charge in [0.15, 0.2) is 5.78 Å². The summed E-state index contributed by atoms with van der Waals surface area (Å²) in [5, 5.41) is 0.989. The van der Waals surface area contributed by atoms with Gasteiger partial charge in [-0.3, -0.25) is 14.6 Å². The maximum absolute atomic E-state index is 13.8. The molecule has 4 aromatic rings. The summed E-state index contributed by atoms with van der Waals surface area (Å²) < 4.78 is 13.8. The predicted molar refractivity (Wildman–Crippen MR) is 163 cm³/mol. The highest BCUT2D eigenvalue weighted by molar-refractivity contribution is 6.02. The van der Waals surface area contributed by atoms with Crippen molar-refractivity contribution in [3.05, 3.63) is 107 Å². The highest BCUT2D eigenvalue weighted by Crippen LogP contribution is 2.37. The zero-order valence-corrected chi connectivity index (χ0v) is 23.8. The van der Waals surface area contributed by atoms with Crippen LogP contribution in [0, 0.1) is 17.7 Å². The molecule has 0 radical (unpaired) electrons. The van der Waals surface area contributed by atoms with Gasteiger partial charge in [0.1, 0.15) is 5.82 Å². The molecule has 3 aromatic carbocycles. The molecular formula is C36H40FN3O. The Labute approximate surface area is 242 Å². The quantitative estimate of drug-likeness (QED) is 0.262. The smallest absolute Gasteiger partial charge is 0.166 e. The number of piperidine rings is 2. The third-order valence-corrected chi connectivity index (χ3v) is 9.99. The van der Waals surface area contributed by atoms with E-state index in [0.29, 0.717) is 17.6 Å². The number of carbonyl (C=O) groups excluding carboxylic acids is 1. The van der Waals surface area contributed by atoms with Crippen molar-refractivity contribution in [2.75, 3.05) is 26.2 Å². The summed E-state index contributed by atoms with van der Waals surface area (Å²) >= 11 is 0. The van der Waals surface area contributed by atoms with E-state index in [2.05, 4.69) is 63.3 Å². The van der Waals surface area contributed by atoms with Crippen molar-refractivity contribution >= 4 is 16.7 Å². The molecule has 7 rings (SSSR count). The molecule has 4 nitrogen and oxygen atoms in total. The van der Waals surface area contributed by atoms with Gasteiger partial charge in [0, 0.05) is 41.7 Å². The van der Waals surface area contributed by atoms with Gasteiger partial charge in [0.25, 0.3) is 0 Å². The summed E-state index contributed by atoms with van der Waals surface area (Å²) in [4.78, 5) is 21.7. The summed E-state index contributed by atoms with van der Waals surface area (Å²) in [6.07, 6.45) is 8.62. The number of aromatic nitrogens is 1. The number of aromatic amines is 1. The number of benzene rings is 3. The molecule has 1 aliphatic carbocycles. The first-order chi connectivity index (χ1) is 20.1. The second-order valence-electron chi connectivity index (χ2n) is 12.7. The van der Waals surface area contributed by atoms with Crippen LogP contribution in [0.15, 0.2) is 72.9 Å². The minimum Gasteiger partial charge on any atom is -0.361 e. The van der Waals surface area contributed by atoms with E-state index in [1.165, 1.54) is 41.2 Å². The van der Waals surface area contributed by atoms with E-state index in [-0.39, 0.29) is 11.7 Å². The summed E-state index contributed by atoms with van der Waals surface area (Å²) in [6, 6.07) is 22.4. The molecule has 41 heavy (non-hydrogen) atoms. The molecule has 2 fully saturated rings. The Hall–Kier alpha value is -3.28. The number of halogens is 1. The molecule has 0 bridgehead atoms. The van der Waals surface area contributed by atoms with Crippen LogP contribution in [-0.2, 0) is 19.5 Å². The maximum atomic E-state index is 13.8. The Morgan fingerprint density at radius 2 is 1.59 bits per heavy atom.